The number of hydrogen-bond donors (Lipinski definition) is 1. The summed E-state index contributed by atoms with van der Waals surface area (Å²) >= 11 is 0. The molecule has 4 nitrogen and oxygen atoms in total. The van der Waals surface area contributed by atoms with Crippen molar-refractivity contribution in [3.63, 3.8) is 0 Å². The molecule has 5 heteroatoms. The van der Waals surface area contributed by atoms with Crippen LogP contribution in [0, 0.1) is 5.82 Å². The average Bonchev–Trinajstić information content (AvgIpc) is 2.92. The lowest BCUT2D eigenvalue weighted by atomic mass is 10.0. The molecule has 0 saturated heterocycles. The number of hydrogen-bond acceptors (Lipinski definition) is 3. The van der Waals surface area contributed by atoms with Gasteiger partial charge in [0, 0.05) is 30.2 Å². The van der Waals surface area contributed by atoms with Gasteiger partial charge in [0.1, 0.15) is 11.4 Å². The smallest absolute Gasteiger partial charge is 0.342 e. The number of para-hydroxylation sites is 1. The zero-order valence-corrected chi connectivity index (χ0v) is 17.0. The van der Waals surface area contributed by atoms with Crippen LogP contribution in [0.4, 0.5) is 4.39 Å². The Morgan fingerprint density at radius 3 is 2.59 bits per heavy atom. The van der Waals surface area contributed by atoms with Gasteiger partial charge in [0.25, 0.3) is 0 Å². The van der Waals surface area contributed by atoms with Crippen molar-refractivity contribution in [2.75, 3.05) is 6.54 Å². The Labute approximate surface area is 170 Å². The Morgan fingerprint density at radius 2 is 1.86 bits per heavy atom. The minimum absolute atomic E-state index is 0.254. The number of aromatic amines is 1. The monoisotopic (exact) mass is 392 g/mol. The number of carbonyl (C=O) groups is 1. The summed E-state index contributed by atoms with van der Waals surface area (Å²) in [5, 5.41) is 1.13. The second kappa shape index (κ2) is 7.39. The van der Waals surface area contributed by atoms with Crippen molar-refractivity contribution in [2.45, 2.75) is 39.3 Å². The summed E-state index contributed by atoms with van der Waals surface area (Å²) in [6.07, 6.45) is 2.67. The highest BCUT2D eigenvalue weighted by atomic mass is 19.1. The van der Waals surface area contributed by atoms with Gasteiger partial charge in [-0.05, 0) is 56.5 Å². The summed E-state index contributed by atoms with van der Waals surface area (Å²) in [7, 11) is 0. The molecule has 0 saturated carbocycles. The van der Waals surface area contributed by atoms with Crippen LogP contribution in [0.25, 0.3) is 16.5 Å². The molecule has 0 bridgehead atoms. The topological polar surface area (TPSA) is 45.3 Å². The molecule has 150 valence electrons. The Bertz CT molecular complexity index is 1070. The first-order valence-electron chi connectivity index (χ1n) is 9.84. The van der Waals surface area contributed by atoms with Crippen LogP contribution in [0.1, 0.15) is 37.6 Å². The van der Waals surface area contributed by atoms with Crippen molar-refractivity contribution in [1.29, 1.82) is 0 Å². The Morgan fingerprint density at radius 1 is 1.14 bits per heavy atom. The number of nitrogens with one attached hydrogen (secondary N) is 1. The quantitative estimate of drug-likeness (QED) is 0.635. The van der Waals surface area contributed by atoms with Gasteiger partial charge in [0.05, 0.1) is 11.3 Å². The molecule has 0 spiro atoms. The highest BCUT2D eigenvalue weighted by Gasteiger charge is 2.28. The van der Waals surface area contributed by atoms with Gasteiger partial charge in [0.2, 0.25) is 0 Å². The number of aromatic nitrogens is 1. The molecule has 0 unspecified atom stereocenters. The van der Waals surface area contributed by atoms with E-state index >= 15 is 0 Å². The second-order valence-corrected chi connectivity index (χ2v) is 8.42. The molecule has 0 radical (unpaired) electrons. The lowest BCUT2D eigenvalue weighted by Crippen LogP contribution is -2.25. The summed E-state index contributed by atoms with van der Waals surface area (Å²) < 4.78 is 18.9. The molecule has 1 aromatic heterocycles. The van der Waals surface area contributed by atoms with E-state index in [0.29, 0.717) is 12.1 Å². The first-order valence-corrected chi connectivity index (χ1v) is 9.84. The van der Waals surface area contributed by atoms with Gasteiger partial charge in [0.15, 0.2) is 0 Å². The Kier molecular flexibility index (Phi) is 4.91. The molecule has 1 N–H and O–H groups in total. The normalized spacial score (nSPS) is 14.3. The van der Waals surface area contributed by atoms with Crippen molar-refractivity contribution in [3.8, 4) is 0 Å². The Balaban J connectivity index is 1.74. The summed E-state index contributed by atoms with van der Waals surface area (Å²) in [5.74, 6) is -0.604. The average molecular weight is 392 g/mol. The number of halogens is 1. The highest BCUT2D eigenvalue weighted by Crippen LogP contribution is 2.32. The van der Waals surface area contributed by atoms with E-state index < -0.39 is 5.60 Å². The van der Waals surface area contributed by atoms with E-state index in [1.165, 1.54) is 12.1 Å². The summed E-state index contributed by atoms with van der Waals surface area (Å²) in [4.78, 5) is 18.6. The Hall–Kier alpha value is -3.08. The van der Waals surface area contributed by atoms with Crippen LogP contribution in [0.3, 0.4) is 0 Å². The molecule has 1 aliphatic heterocycles. The molecule has 0 aliphatic carbocycles. The maximum absolute atomic E-state index is 13.3. The molecule has 29 heavy (non-hydrogen) atoms. The van der Waals surface area contributed by atoms with Crippen LogP contribution >= 0.6 is 0 Å². The third-order valence-electron chi connectivity index (χ3n) is 4.96. The zero-order valence-electron chi connectivity index (χ0n) is 17.0. The summed E-state index contributed by atoms with van der Waals surface area (Å²) in [6, 6.07) is 14.6. The number of fused-ring (bicyclic) bond motifs is 3. The van der Waals surface area contributed by atoms with Gasteiger partial charge in [-0.1, -0.05) is 30.3 Å². The van der Waals surface area contributed by atoms with Gasteiger partial charge in [-0.2, -0.15) is 0 Å². The first kappa shape index (κ1) is 19.2. The maximum atomic E-state index is 13.3. The standard InChI is InChI=1S/C24H25FN2O2/c1-24(2,3)29-23(28)20-15-27(14-16-8-10-17(25)11-9-16)13-12-19-18-6-4-5-7-21(18)26-22(19)20/h4-11,15,26H,12-14H2,1-3H3. The van der Waals surface area contributed by atoms with E-state index in [-0.39, 0.29) is 11.8 Å². The number of H-pyrrole nitrogens is 1. The molecular weight excluding hydrogens is 367 g/mol. The van der Waals surface area contributed by atoms with E-state index in [2.05, 4.69) is 16.0 Å². The molecule has 4 rings (SSSR count). The minimum Gasteiger partial charge on any atom is -0.456 e. The van der Waals surface area contributed by atoms with Crippen molar-refractivity contribution >= 4 is 22.4 Å². The van der Waals surface area contributed by atoms with Crippen LogP contribution < -0.4 is 0 Å². The predicted molar refractivity (Wildman–Crippen MR) is 113 cm³/mol. The number of esters is 1. The number of carbonyl (C=O) groups excluding carboxylic acids is 1. The summed E-state index contributed by atoms with van der Waals surface area (Å²) in [5.41, 5.74) is 3.88. The lowest BCUT2D eigenvalue weighted by Gasteiger charge is -2.22. The molecule has 3 aromatic rings. The minimum atomic E-state index is -0.585. The van der Waals surface area contributed by atoms with E-state index in [1.807, 2.05) is 45.2 Å². The third-order valence-corrected chi connectivity index (χ3v) is 4.96. The van der Waals surface area contributed by atoms with Gasteiger partial charge < -0.3 is 14.6 Å². The number of nitrogens with zero attached hydrogens (tertiary/aromatic N) is 1. The van der Waals surface area contributed by atoms with Crippen LogP contribution in [0.15, 0.2) is 54.7 Å². The molecule has 1 aliphatic rings. The van der Waals surface area contributed by atoms with Crippen LogP contribution in [-0.4, -0.2) is 28.0 Å². The van der Waals surface area contributed by atoms with E-state index in [0.717, 1.165) is 40.7 Å². The third kappa shape index (κ3) is 4.19. The predicted octanol–water partition coefficient (Wildman–Crippen LogP) is 5.05. The fraction of sp³-hybridized carbons (Fsp3) is 0.292. The van der Waals surface area contributed by atoms with E-state index in [1.54, 1.807) is 12.1 Å². The molecule has 2 aromatic carbocycles. The van der Waals surface area contributed by atoms with E-state index in [9.17, 15) is 9.18 Å². The number of rotatable bonds is 3. The molecule has 2 heterocycles. The van der Waals surface area contributed by atoms with E-state index in [4.69, 9.17) is 4.74 Å². The van der Waals surface area contributed by atoms with Crippen LogP contribution in [0.5, 0.6) is 0 Å². The SMILES string of the molecule is CC(C)(C)OC(=O)C1=CN(Cc2ccc(F)cc2)CCc2c1[nH]c1ccccc21. The van der Waals surface area contributed by atoms with Gasteiger partial charge in [-0.25, -0.2) is 9.18 Å². The van der Waals surface area contributed by atoms with Crippen LogP contribution in [0.2, 0.25) is 0 Å². The van der Waals surface area contributed by atoms with Gasteiger partial charge in [-0.15, -0.1) is 0 Å². The zero-order chi connectivity index (χ0) is 20.6. The second-order valence-electron chi connectivity index (χ2n) is 8.42. The largest absolute Gasteiger partial charge is 0.456 e. The van der Waals surface area contributed by atoms with Crippen molar-refractivity contribution in [3.05, 3.63) is 77.4 Å². The van der Waals surface area contributed by atoms with Crippen molar-refractivity contribution in [2.24, 2.45) is 0 Å². The van der Waals surface area contributed by atoms with Crippen molar-refractivity contribution < 1.29 is 13.9 Å². The highest BCUT2D eigenvalue weighted by molar-refractivity contribution is 6.17. The molecular formula is C24H25FN2O2. The lowest BCUT2D eigenvalue weighted by molar-refractivity contribution is -0.147. The maximum Gasteiger partial charge on any atom is 0.342 e. The van der Waals surface area contributed by atoms with Gasteiger partial charge in [-0.3, -0.25) is 0 Å². The van der Waals surface area contributed by atoms with Crippen LogP contribution in [-0.2, 0) is 22.5 Å². The fourth-order valence-corrected chi connectivity index (χ4v) is 3.69. The summed E-state index contributed by atoms with van der Waals surface area (Å²) in [6.45, 7) is 6.94. The molecule has 0 amide bonds. The van der Waals surface area contributed by atoms with Crippen molar-refractivity contribution in [1.82, 2.24) is 9.88 Å². The first-order chi connectivity index (χ1) is 13.8. The van der Waals surface area contributed by atoms with Gasteiger partial charge >= 0.3 is 5.97 Å². The number of ether oxygens (including phenoxy) is 1. The number of benzene rings is 2. The molecule has 0 fully saturated rings. The fourth-order valence-electron chi connectivity index (χ4n) is 3.69. The molecule has 0 atom stereocenters.